The van der Waals surface area contributed by atoms with Crippen LogP contribution in [0.25, 0.3) is 0 Å². The Hall–Kier alpha value is -0.170. The van der Waals surface area contributed by atoms with Gasteiger partial charge in [0.15, 0.2) is 0 Å². The number of nitrogens with zero attached hydrogens (tertiary/aromatic N) is 2. The van der Waals surface area contributed by atoms with Crippen LogP contribution in [0, 0.1) is 0 Å². The Morgan fingerprint density at radius 3 is 2.53 bits per heavy atom. The summed E-state index contributed by atoms with van der Waals surface area (Å²) in [6.07, 6.45) is 5.25. The van der Waals surface area contributed by atoms with Crippen LogP contribution in [0.2, 0.25) is 0 Å². The summed E-state index contributed by atoms with van der Waals surface area (Å²) in [4.78, 5) is 0. The van der Waals surface area contributed by atoms with Crippen molar-refractivity contribution in [1.29, 1.82) is 0 Å². The monoisotopic (exact) mass is 261 g/mol. The van der Waals surface area contributed by atoms with Gasteiger partial charge in [0, 0.05) is 32.7 Å². The minimum absolute atomic E-state index is 0.219. The van der Waals surface area contributed by atoms with Gasteiger partial charge < -0.3 is 5.32 Å². The molecule has 1 heterocycles. The van der Waals surface area contributed by atoms with E-state index in [0.29, 0.717) is 13.1 Å². The van der Waals surface area contributed by atoms with E-state index < -0.39 is 10.2 Å². The molecule has 2 aliphatic rings. The molecule has 2 rings (SSSR count). The summed E-state index contributed by atoms with van der Waals surface area (Å²) in [7, 11) is -1.50. The topological polar surface area (TPSA) is 52.7 Å². The van der Waals surface area contributed by atoms with Crippen molar-refractivity contribution in [1.82, 2.24) is 13.9 Å². The van der Waals surface area contributed by atoms with Crippen LogP contribution in [-0.2, 0) is 10.2 Å². The third-order valence-electron chi connectivity index (χ3n) is 3.83. The van der Waals surface area contributed by atoms with Gasteiger partial charge in [0.2, 0.25) is 0 Å². The average molecular weight is 261 g/mol. The number of rotatable bonds is 3. The molecule has 2 fully saturated rings. The lowest BCUT2D eigenvalue weighted by atomic mass is 10.3. The molecular formula is C11H23N3O2S. The van der Waals surface area contributed by atoms with E-state index in [1.54, 1.807) is 15.7 Å². The van der Waals surface area contributed by atoms with Crippen LogP contribution < -0.4 is 5.32 Å². The maximum atomic E-state index is 12.4. The first-order valence-electron chi connectivity index (χ1n) is 6.56. The Balaban J connectivity index is 2.05. The molecule has 0 aromatic carbocycles. The molecule has 1 aliphatic heterocycles. The van der Waals surface area contributed by atoms with E-state index in [9.17, 15) is 8.42 Å². The predicted molar refractivity (Wildman–Crippen MR) is 68.0 cm³/mol. The Bertz CT molecular complexity index is 323. The number of nitrogens with one attached hydrogen (secondary N) is 1. The summed E-state index contributed by atoms with van der Waals surface area (Å²) in [5.74, 6) is 0. The van der Waals surface area contributed by atoms with E-state index in [-0.39, 0.29) is 6.04 Å². The highest BCUT2D eigenvalue weighted by Crippen LogP contribution is 2.25. The zero-order chi connectivity index (χ0) is 12.3. The molecular weight excluding hydrogens is 238 g/mol. The number of hydrogen-bond acceptors (Lipinski definition) is 3. The third-order valence-corrected chi connectivity index (χ3v) is 5.87. The molecule has 6 heteroatoms. The van der Waals surface area contributed by atoms with Crippen LogP contribution in [-0.4, -0.2) is 56.3 Å². The summed E-state index contributed by atoms with van der Waals surface area (Å²) in [6.45, 7) is 2.92. The van der Waals surface area contributed by atoms with Crippen LogP contribution in [0.3, 0.4) is 0 Å². The fourth-order valence-corrected chi connectivity index (χ4v) is 4.32. The van der Waals surface area contributed by atoms with Gasteiger partial charge in [0.1, 0.15) is 0 Å². The van der Waals surface area contributed by atoms with Gasteiger partial charge >= 0.3 is 0 Å². The first-order valence-corrected chi connectivity index (χ1v) is 7.96. The van der Waals surface area contributed by atoms with Crippen molar-refractivity contribution >= 4 is 10.2 Å². The molecule has 1 aliphatic carbocycles. The molecule has 1 saturated heterocycles. The first-order chi connectivity index (χ1) is 8.12. The van der Waals surface area contributed by atoms with Crippen molar-refractivity contribution < 1.29 is 8.42 Å². The molecule has 5 nitrogen and oxygen atoms in total. The molecule has 0 atom stereocenters. The molecule has 0 bridgehead atoms. The van der Waals surface area contributed by atoms with Gasteiger partial charge in [-0.2, -0.15) is 17.0 Å². The Morgan fingerprint density at radius 2 is 1.82 bits per heavy atom. The lowest BCUT2D eigenvalue weighted by Gasteiger charge is -2.30. The highest BCUT2D eigenvalue weighted by atomic mass is 32.2. The van der Waals surface area contributed by atoms with E-state index >= 15 is 0 Å². The van der Waals surface area contributed by atoms with E-state index in [2.05, 4.69) is 5.32 Å². The van der Waals surface area contributed by atoms with Gasteiger partial charge in [0.25, 0.3) is 10.2 Å². The van der Waals surface area contributed by atoms with Crippen molar-refractivity contribution in [3.8, 4) is 0 Å². The van der Waals surface area contributed by atoms with E-state index in [1.165, 1.54) is 0 Å². The molecule has 0 aromatic heterocycles. The first kappa shape index (κ1) is 13.3. The van der Waals surface area contributed by atoms with E-state index in [0.717, 1.165) is 45.2 Å². The third kappa shape index (κ3) is 2.99. The summed E-state index contributed by atoms with van der Waals surface area (Å²) >= 11 is 0. The molecule has 100 valence electrons. The summed E-state index contributed by atoms with van der Waals surface area (Å²) < 4.78 is 28.1. The second kappa shape index (κ2) is 5.65. The van der Waals surface area contributed by atoms with Crippen LogP contribution in [0.5, 0.6) is 0 Å². The maximum absolute atomic E-state index is 12.4. The molecule has 1 saturated carbocycles. The van der Waals surface area contributed by atoms with Gasteiger partial charge in [-0.15, -0.1) is 0 Å². The van der Waals surface area contributed by atoms with Crippen molar-refractivity contribution in [2.75, 3.05) is 33.2 Å². The van der Waals surface area contributed by atoms with Gasteiger partial charge in [-0.3, -0.25) is 0 Å². The Labute approximate surface area is 104 Å². The van der Waals surface area contributed by atoms with Crippen LogP contribution in [0.15, 0.2) is 0 Å². The lowest BCUT2D eigenvalue weighted by Crippen LogP contribution is -2.46. The SMILES string of the molecule is CN(C1CCCC1)S(=O)(=O)N1CCCNCC1. The molecule has 0 radical (unpaired) electrons. The van der Waals surface area contributed by atoms with Gasteiger partial charge in [-0.25, -0.2) is 0 Å². The Morgan fingerprint density at radius 1 is 1.12 bits per heavy atom. The summed E-state index contributed by atoms with van der Waals surface area (Å²) in [5.41, 5.74) is 0. The molecule has 0 spiro atoms. The largest absolute Gasteiger partial charge is 0.315 e. The zero-order valence-electron chi connectivity index (χ0n) is 10.6. The zero-order valence-corrected chi connectivity index (χ0v) is 11.4. The minimum Gasteiger partial charge on any atom is -0.315 e. The molecule has 0 amide bonds. The Kier molecular flexibility index (Phi) is 4.41. The highest BCUT2D eigenvalue weighted by molar-refractivity contribution is 7.86. The summed E-state index contributed by atoms with van der Waals surface area (Å²) in [5, 5.41) is 3.23. The fraction of sp³-hybridized carbons (Fsp3) is 1.00. The van der Waals surface area contributed by atoms with Crippen molar-refractivity contribution in [3.63, 3.8) is 0 Å². The molecule has 1 N–H and O–H groups in total. The smallest absolute Gasteiger partial charge is 0.282 e. The summed E-state index contributed by atoms with van der Waals surface area (Å²) in [6, 6.07) is 0.219. The van der Waals surface area contributed by atoms with Crippen molar-refractivity contribution in [2.45, 2.75) is 38.1 Å². The second-order valence-electron chi connectivity index (χ2n) is 4.96. The highest BCUT2D eigenvalue weighted by Gasteiger charge is 2.33. The van der Waals surface area contributed by atoms with Gasteiger partial charge in [0.05, 0.1) is 0 Å². The van der Waals surface area contributed by atoms with Gasteiger partial charge in [-0.1, -0.05) is 12.8 Å². The fourth-order valence-electron chi connectivity index (χ4n) is 2.69. The minimum atomic E-state index is -3.24. The standard InChI is InChI=1S/C11H23N3O2S/c1-13(11-5-2-3-6-11)17(15,16)14-9-4-7-12-8-10-14/h11-12H,2-10H2,1H3. The lowest BCUT2D eigenvalue weighted by molar-refractivity contribution is 0.322. The van der Waals surface area contributed by atoms with E-state index in [4.69, 9.17) is 0 Å². The van der Waals surface area contributed by atoms with Crippen LogP contribution in [0.1, 0.15) is 32.1 Å². The average Bonchev–Trinajstić information content (AvgIpc) is 2.69. The molecule has 17 heavy (non-hydrogen) atoms. The van der Waals surface area contributed by atoms with Crippen LogP contribution in [0.4, 0.5) is 0 Å². The molecule has 0 aromatic rings. The quantitative estimate of drug-likeness (QED) is 0.800. The molecule has 0 unspecified atom stereocenters. The normalized spacial score (nSPS) is 25.3. The maximum Gasteiger partial charge on any atom is 0.282 e. The van der Waals surface area contributed by atoms with Crippen LogP contribution >= 0.6 is 0 Å². The number of hydrogen-bond donors (Lipinski definition) is 1. The van der Waals surface area contributed by atoms with E-state index in [1.807, 2.05) is 0 Å². The van der Waals surface area contributed by atoms with Crippen molar-refractivity contribution in [3.05, 3.63) is 0 Å². The predicted octanol–water partition coefficient (Wildman–Crippen LogP) is 0.401. The second-order valence-corrected chi connectivity index (χ2v) is 6.95. The van der Waals surface area contributed by atoms with Gasteiger partial charge in [-0.05, 0) is 25.8 Å². The van der Waals surface area contributed by atoms with Crippen molar-refractivity contribution in [2.24, 2.45) is 0 Å².